The minimum Gasteiger partial charge on any atom is -0.488 e. The minimum absolute atomic E-state index is 0.0238. The predicted molar refractivity (Wildman–Crippen MR) is 79.5 cm³/mol. The van der Waals surface area contributed by atoms with Crippen molar-refractivity contribution in [1.29, 1.82) is 0 Å². The number of carbonyl (C=O) groups is 1. The van der Waals surface area contributed by atoms with Gasteiger partial charge in [0.1, 0.15) is 29.6 Å². The van der Waals surface area contributed by atoms with Gasteiger partial charge in [0, 0.05) is 4.47 Å². The number of ether oxygens (including phenoxy) is 1. The lowest BCUT2D eigenvalue weighted by molar-refractivity contribution is 0.0691. The number of hydrogen-bond donors (Lipinski definition) is 1. The molecule has 110 valence electrons. The number of rotatable bonds is 4. The molecule has 0 amide bonds. The molecule has 0 bridgehead atoms. The van der Waals surface area contributed by atoms with Crippen LogP contribution in [0, 0.1) is 11.6 Å². The van der Waals surface area contributed by atoms with E-state index >= 15 is 0 Å². The quantitative estimate of drug-likeness (QED) is 0.723. The lowest BCUT2D eigenvalue weighted by atomic mass is 10.2. The van der Waals surface area contributed by atoms with Crippen LogP contribution in [0.5, 0.6) is 5.75 Å². The molecular formula is C14H8Br2F2O3. The van der Waals surface area contributed by atoms with Gasteiger partial charge >= 0.3 is 5.97 Å². The van der Waals surface area contributed by atoms with Crippen LogP contribution in [0.1, 0.15) is 15.9 Å². The van der Waals surface area contributed by atoms with Gasteiger partial charge in [0.25, 0.3) is 0 Å². The molecule has 0 aliphatic heterocycles. The smallest absolute Gasteiger partial charge is 0.339 e. The van der Waals surface area contributed by atoms with Gasteiger partial charge in [0.05, 0.1) is 10.0 Å². The highest BCUT2D eigenvalue weighted by molar-refractivity contribution is 9.10. The molecule has 0 aliphatic rings. The molecule has 3 nitrogen and oxygen atoms in total. The Kier molecular flexibility index (Phi) is 4.95. The van der Waals surface area contributed by atoms with Gasteiger partial charge in [-0.25, -0.2) is 13.6 Å². The Morgan fingerprint density at radius 1 is 1.19 bits per heavy atom. The maximum atomic E-state index is 13.8. The van der Waals surface area contributed by atoms with Crippen LogP contribution in [0.15, 0.2) is 39.3 Å². The van der Waals surface area contributed by atoms with Crippen LogP contribution < -0.4 is 4.74 Å². The van der Waals surface area contributed by atoms with Gasteiger partial charge in [0.2, 0.25) is 0 Å². The second-order valence-corrected chi connectivity index (χ2v) is 5.83. The maximum Gasteiger partial charge on any atom is 0.339 e. The topological polar surface area (TPSA) is 46.5 Å². The molecule has 1 N–H and O–H groups in total. The third kappa shape index (κ3) is 3.59. The summed E-state index contributed by atoms with van der Waals surface area (Å²) in [6.45, 7) is -0.423. The Balaban J connectivity index is 2.31. The number of aromatic carboxylic acids is 1. The zero-order valence-electron chi connectivity index (χ0n) is 10.4. The van der Waals surface area contributed by atoms with Crippen molar-refractivity contribution in [2.24, 2.45) is 0 Å². The first-order chi connectivity index (χ1) is 9.90. The van der Waals surface area contributed by atoms with Crippen molar-refractivity contribution in [3.05, 3.63) is 62.0 Å². The number of halogens is 4. The third-order valence-corrected chi connectivity index (χ3v) is 3.79. The van der Waals surface area contributed by atoms with E-state index in [0.29, 0.717) is 4.47 Å². The van der Waals surface area contributed by atoms with E-state index in [-0.39, 0.29) is 21.3 Å². The lowest BCUT2D eigenvalue weighted by Crippen LogP contribution is -2.06. The van der Waals surface area contributed by atoms with Crippen molar-refractivity contribution in [2.75, 3.05) is 0 Å². The normalized spacial score (nSPS) is 10.5. The van der Waals surface area contributed by atoms with Crippen LogP contribution in [-0.4, -0.2) is 11.1 Å². The second-order valence-electron chi connectivity index (χ2n) is 4.06. The first-order valence-corrected chi connectivity index (χ1v) is 7.26. The summed E-state index contributed by atoms with van der Waals surface area (Å²) in [6, 6.07) is 6.66. The third-order valence-electron chi connectivity index (χ3n) is 2.68. The molecule has 0 radical (unpaired) electrons. The molecule has 0 aliphatic carbocycles. The molecule has 2 rings (SSSR count). The molecule has 0 atom stereocenters. The molecule has 0 aromatic heterocycles. The number of benzene rings is 2. The van der Waals surface area contributed by atoms with Gasteiger partial charge in [0.15, 0.2) is 0 Å². The van der Waals surface area contributed by atoms with E-state index in [1.807, 2.05) is 0 Å². The van der Waals surface area contributed by atoms with Crippen LogP contribution in [0.25, 0.3) is 0 Å². The number of hydrogen-bond acceptors (Lipinski definition) is 2. The van der Waals surface area contributed by atoms with Gasteiger partial charge in [-0.15, -0.1) is 0 Å². The van der Waals surface area contributed by atoms with E-state index in [0.717, 1.165) is 6.07 Å². The standard InChI is InChI=1S/C14H8Br2F2O3/c15-7-1-2-8(14(19)20)12(5-7)21-6-9-11(17)4-3-10(16)13(9)18/h1-5H,6H2,(H,19,20). The Labute approximate surface area is 135 Å². The monoisotopic (exact) mass is 420 g/mol. The van der Waals surface area contributed by atoms with Crippen LogP contribution >= 0.6 is 31.9 Å². The van der Waals surface area contributed by atoms with Crippen molar-refractivity contribution in [2.45, 2.75) is 6.61 Å². The van der Waals surface area contributed by atoms with Gasteiger partial charge in [-0.3, -0.25) is 0 Å². The zero-order valence-corrected chi connectivity index (χ0v) is 13.5. The molecule has 2 aromatic rings. The summed E-state index contributed by atoms with van der Waals surface area (Å²) in [6.07, 6.45) is 0. The van der Waals surface area contributed by atoms with Gasteiger partial charge < -0.3 is 9.84 Å². The van der Waals surface area contributed by atoms with E-state index in [2.05, 4.69) is 31.9 Å². The first kappa shape index (κ1) is 15.9. The molecule has 0 fully saturated rings. The van der Waals surface area contributed by atoms with E-state index < -0.39 is 24.2 Å². The fourth-order valence-electron chi connectivity index (χ4n) is 1.64. The summed E-state index contributed by atoms with van der Waals surface area (Å²) in [5.41, 5.74) is -0.366. The summed E-state index contributed by atoms with van der Waals surface area (Å²) < 4.78 is 33.4. The SMILES string of the molecule is O=C(O)c1ccc(Br)cc1OCc1c(F)ccc(Br)c1F. The number of carboxylic acids is 1. The summed E-state index contributed by atoms with van der Waals surface area (Å²) in [7, 11) is 0. The summed E-state index contributed by atoms with van der Waals surface area (Å²) >= 11 is 6.14. The molecule has 7 heteroatoms. The average Bonchev–Trinajstić information content (AvgIpc) is 2.43. The highest BCUT2D eigenvalue weighted by atomic mass is 79.9. The Morgan fingerprint density at radius 2 is 1.90 bits per heavy atom. The molecule has 0 spiro atoms. The highest BCUT2D eigenvalue weighted by Crippen LogP contribution is 2.27. The van der Waals surface area contributed by atoms with Gasteiger partial charge in [-0.2, -0.15) is 0 Å². The van der Waals surface area contributed by atoms with Crippen LogP contribution in [0.4, 0.5) is 8.78 Å². The molecule has 0 unspecified atom stereocenters. The van der Waals surface area contributed by atoms with Gasteiger partial charge in [-0.05, 0) is 46.3 Å². The predicted octanol–water partition coefficient (Wildman–Crippen LogP) is 4.77. The van der Waals surface area contributed by atoms with Crippen molar-refractivity contribution in [1.82, 2.24) is 0 Å². The fraction of sp³-hybridized carbons (Fsp3) is 0.0714. The first-order valence-electron chi connectivity index (χ1n) is 5.68. The minimum atomic E-state index is -1.19. The second kappa shape index (κ2) is 6.53. The van der Waals surface area contributed by atoms with E-state index in [4.69, 9.17) is 9.84 Å². The summed E-state index contributed by atoms with van der Waals surface area (Å²) in [5, 5.41) is 9.06. The molecule has 21 heavy (non-hydrogen) atoms. The molecule has 0 saturated carbocycles. The zero-order chi connectivity index (χ0) is 15.6. The molecule has 0 saturated heterocycles. The molecular weight excluding hydrogens is 414 g/mol. The van der Waals surface area contributed by atoms with Crippen LogP contribution in [0.3, 0.4) is 0 Å². The Hall–Kier alpha value is -1.47. The summed E-state index contributed by atoms with van der Waals surface area (Å²) in [5.74, 6) is -2.70. The Morgan fingerprint density at radius 3 is 2.57 bits per heavy atom. The number of carboxylic acid groups (broad SMARTS) is 1. The highest BCUT2D eigenvalue weighted by Gasteiger charge is 2.16. The van der Waals surface area contributed by atoms with E-state index in [1.165, 1.54) is 24.3 Å². The Bertz CT molecular complexity index is 705. The summed E-state index contributed by atoms with van der Waals surface area (Å²) in [4.78, 5) is 11.1. The van der Waals surface area contributed by atoms with Crippen molar-refractivity contribution < 1.29 is 23.4 Å². The molecule has 0 heterocycles. The average molecular weight is 422 g/mol. The van der Waals surface area contributed by atoms with Crippen LogP contribution in [0.2, 0.25) is 0 Å². The van der Waals surface area contributed by atoms with Gasteiger partial charge in [-0.1, -0.05) is 15.9 Å². The maximum absolute atomic E-state index is 13.8. The van der Waals surface area contributed by atoms with Crippen molar-refractivity contribution in [3.8, 4) is 5.75 Å². The van der Waals surface area contributed by atoms with Crippen LogP contribution in [-0.2, 0) is 6.61 Å². The lowest BCUT2D eigenvalue weighted by Gasteiger charge is -2.11. The fourth-order valence-corrected chi connectivity index (χ4v) is 2.36. The largest absolute Gasteiger partial charge is 0.488 e. The van der Waals surface area contributed by atoms with Crippen molar-refractivity contribution in [3.63, 3.8) is 0 Å². The van der Waals surface area contributed by atoms with E-state index in [9.17, 15) is 13.6 Å². The van der Waals surface area contributed by atoms with E-state index in [1.54, 1.807) is 0 Å². The molecule has 2 aromatic carbocycles. The van der Waals surface area contributed by atoms with Crippen molar-refractivity contribution >= 4 is 37.8 Å².